The van der Waals surface area contributed by atoms with Crippen LogP contribution in [0.4, 0.5) is 0 Å². The number of carbonyl (C=O) groups excluding carboxylic acids is 2. The monoisotopic (exact) mass is 368 g/mol. The van der Waals surface area contributed by atoms with Gasteiger partial charge in [0, 0.05) is 31.1 Å². The Balaban J connectivity index is 1.43. The van der Waals surface area contributed by atoms with Gasteiger partial charge in [0.25, 0.3) is 5.91 Å². The van der Waals surface area contributed by atoms with E-state index in [0.717, 1.165) is 36.9 Å². The largest absolute Gasteiger partial charge is 0.356 e. The van der Waals surface area contributed by atoms with Crippen LogP contribution in [0.2, 0.25) is 0 Å². The summed E-state index contributed by atoms with van der Waals surface area (Å²) in [4.78, 5) is 27.0. The van der Waals surface area contributed by atoms with Crippen LogP contribution in [0.5, 0.6) is 0 Å². The van der Waals surface area contributed by atoms with E-state index >= 15 is 0 Å². The minimum atomic E-state index is 0.0362. The Kier molecular flexibility index (Phi) is 6.70. The number of carbonyl (C=O) groups is 2. The lowest BCUT2D eigenvalue weighted by Crippen LogP contribution is -2.43. The Morgan fingerprint density at radius 2 is 1.89 bits per heavy atom. The molecule has 1 saturated heterocycles. The average molecular weight is 369 g/mol. The number of hydrogen-bond donors (Lipinski definition) is 1. The molecule has 0 aromatic heterocycles. The molecular weight excluding hydrogens is 336 g/mol. The lowest BCUT2D eigenvalue weighted by atomic mass is 9.94. The molecular formula is C23H32N2O2. The fourth-order valence-corrected chi connectivity index (χ4v) is 4.02. The predicted molar refractivity (Wildman–Crippen MR) is 109 cm³/mol. The maximum absolute atomic E-state index is 12.7. The molecule has 1 heterocycles. The van der Waals surface area contributed by atoms with E-state index in [0.29, 0.717) is 13.1 Å². The molecule has 2 amide bonds. The maximum Gasteiger partial charge on any atom is 0.253 e. The highest BCUT2D eigenvalue weighted by molar-refractivity contribution is 5.94. The third kappa shape index (κ3) is 5.21. The predicted octanol–water partition coefficient (Wildman–Crippen LogP) is 4.16. The summed E-state index contributed by atoms with van der Waals surface area (Å²) in [5.41, 5.74) is 4.59. The van der Waals surface area contributed by atoms with Gasteiger partial charge in [0.15, 0.2) is 0 Å². The highest BCUT2D eigenvalue weighted by Gasteiger charge is 2.27. The van der Waals surface area contributed by atoms with Gasteiger partial charge in [0.05, 0.1) is 0 Å². The Labute approximate surface area is 163 Å². The second kappa shape index (κ2) is 9.20. The summed E-state index contributed by atoms with van der Waals surface area (Å²) < 4.78 is 0. The van der Waals surface area contributed by atoms with Gasteiger partial charge in [-0.15, -0.1) is 0 Å². The number of benzene rings is 1. The van der Waals surface area contributed by atoms with E-state index in [-0.39, 0.29) is 17.7 Å². The molecule has 0 bridgehead atoms. The van der Waals surface area contributed by atoms with Gasteiger partial charge in [0.1, 0.15) is 0 Å². The summed E-state index contributed by atoms with van der Waals surface area (Å²) in [6, 6.07) is 5.88. The van der Waals surface area contributed by atoms with Crippen LogP contribution >= 0.6 is 0 Å². The molecule has 1 aliphatic heterocycles. The Morgan fingerprint density at radius 3 is 2.56 bits per heavy atom. The Morgan fingerprint density at radius 1 is 1.11 bits per heavy atom. The summed E-state index contributed by atoms with van der Waals surface area (Å²) in [5.74, 6) is 0.278. The first-order valence-corrected chi connectivity index (χ1v) is 10.4. The first kappa shape index (κ1) is 19.7. The number of likely N-dealkylation sites (tertiary alicyclic amines) is 1. The van der Waals surface area contributed by atoms with Crippen molar-refractivity contribution in [3.05, 3.63) is 46.5 Å². The number of allylic oxidation sites excluding steroid dienone is 1. The van der Waals surface area contributed by atoms with Crippen molar-refractivity contribution < 1.29 is 9.59 Å². The molecule has 146 valence electrons. The minimum Gasteiger partial charge on any atom is -0.356 e. The molecule has 4 nitrogen and oxygen atoms in total. The second-order valence-corrected chi connectivity index (χ2v) is 8.01. The fraction of sp³-hybridized carbons (Fsp3) is 0.565. The fourth-order valence-electron chi connectivity index (χ4n) is 4.02. The molecule has 27 heavy (non-hydrogen) atoms. The highest BCUT2D eigenvalue weighted by Crippen LogP contribution is 2.22. The van der Waals surface area contributed by atoms with Crippen LogP contribution in [-0.4, -0.2) is 36.3 Å². The zero-order valence-corrected chi connectivity index (χ0v) is 16.7. The number of piperidine rings is 1. The molecule has 1 fully saturated rings. The van der Waals surface area contributed by atoms with Crippen molar-refractivity contribution in [2.75, 3.05) is 19.6 Å². The van der Waals surface area contributed by atoms with Crippen LogP contribution in [0.25, 0.3) is 0 Å². The van der Waals surface area contributed by atoms with Gasteiger partial charge in [-0.25, -0.2) is 0 Å². The molecule has 1 aromatic carbocycles. The molecule has 0 saturated carbocycles. The molecule has 1 N–H and O–H groups in total. The van der Waals surface area contributed by atoms with E-state index in [9.17, 15) is 9.59 Å². The van der Waals surface area contributed by atoms with E-state index in [1.165, 1.54) is 36.8 Å². The number of rotatable bonds is 5. The van der Waals surface area contributed by atoms with Gasteiger partial charge in [-0.2, -0.15) is 0 Å². The van der Waals surface area contributed by atoms with Crippen molar-refractivity contribution in [3.8, 4) is 0 Å². The molecule has 0 atom stereocenters. The van der Waals surface area contributed by atoms with Crippen LogP contribution in [0.15, 0.2) is 29.8 Å². The Bertz CT molecular complexity index is 715. The van der Waals surface area contributed by atoms with Gasteiger partial charge in [-0.1, -0.05) is 17.7 Å². The topological polar surface area (TPSA) is 49.4 Å². The number of hydrogen-bond acceptors (Lipinski definition) is 2. The van der Waals surface area contributed by atoms with Crippen molar-refractivity contribution in [1.82, 2.24) is 10.2 Å². The summed E-state index contributed by atoms with van der Waals surface area (Å²) in [6.07, 6.45) is 9.80. The summed E-state index contributed by atoms with van der Waals surface area (Å²) in [7, 11) is 0. The van der Waals surface area contributed by atoms with E-state index in [1.807, 2.05) is 30.0 Å². The molecule has 1 aliphatic carbocycles. The van der Waals surface area contributed by atoms with Crippen molar-refractivity contribution in [2.24, 2.45) is 5.92 Å². The molecule has 0 radical (unpaired) electrons. The van der Waals surface area contributed by atoms with Crippen molar-refractivity contribution in [3.63, 3.8) is 0 Å². The highest BCUT2D eigenvalue weighted by atomic mass is 16.2. The van der Waals surface area contributed by atoms with E-state index < -0.39 is 0 Å². The van der Waals surface area contributed by atoms with Gasteiger partial charge in [-0.05, 0) is 82.1 Å². The number of nitrogens with zero attached hydrogens (tertiary/aromatic N) is 1. The molecule has 1 aromatic rings. The molecule has 0 unspecified atom stereocenters. The zero-order chi connectivity index (χ0) is 19.2. The number of aryl methyl sites for hydroxylation is 2. The van der Waals surface area contributed by atoms with Crippen molar-refractivity contribution >= 4 is 11.8 Å². The molecule has 2 aliphatic rings. The van der Waals surface area contributed by atoms with E-state index in [2.05, 4.69) is 18.3 Å². The SMILES string of the molecule is Cc1ccc(C(=O)N2CCC(C(=O)NCCC3=CCCCC3)CC2)cc1C. The summed E-state index contributed by atoms with van der Waals surface area (Å²) in [6.45, 7) is 6.15. The smallest absolute Gasteiger partial charge is 0.253 e. The maximum atomic E-state index is 12.7. The van der Waals surface area contributed by atoms with Crippen molar-refractivity contribution in [1.29, 1.82) is 0 Å². The molecule has 4 heteroatoms. The van der Waals surface area contributed by atoms with Crippen LogP contribution in [0, 0.1) is 19.8 Å². The quantitative estimate of drug-likeness (QED) is 0.793. The lowest BCUT2D eigenvalue weighted by Gasteiger charge is -2.31. The zero-order valence-electron chi connectivity index (χ0n) is 16.7. The van der Waals surface area contributed by atoms with Crippen LogP contribution in [0.1, 0.15) is 66.4 Å². The average Bonchev–Trinajstić information content (AvgIpc) is 2.70. The third-order valence-corrected chi connectivity index (χ3v) is 6.04. The number of nitrogens with one attached hydrogen (secondary N) is 1. The van der Waals surface area contributed by atoms with Crippen LogP contribution in [-0.2, 0) is 4.79 Å². The van der Waals surface area contributed by atoms with E-state index in [4.69, 9.17) is 0 Å². The summed E-state index contributed by atoms with van der Waals surface area (Å²) >= 11 is 0. The summed E-state index contributed by atoms with van der Waals surface area (Å²) in [5, 5.41) is 3.11. The first-order chi connectivity index (χ1) is 13.0. The normalized spacial score (nSPS) is 18.1. The van der Waals surface area contributed by atoms with Gasteiger partial charge < -0.3 is 10.2 Å². The van der Waals surface area contributed by atoms with Gasteiger partial charge in [-0.3, -0.25) is 9.59 Å². The standard InChI is InChI=1S/C23H32N2O2/c1-17-8-9-21(16-18(17)2)23(27)25-14-11-20(12-15-25)22(26)24-13-10-19-6-4-3-5-7-19/h6,8-9,16,20H,3-5,7,10-15H2,1-2H3,(H,24,26). The molecule has 3 rings (SSSR count). The Hall–Kier alpha value is -2.10. The van der Waals surface area contributed by atoms with Gasteiger partial charge in [0.2, 0.25) is 5.91 Å². The van der Waals surface area contributed by atoms with Gasteiger partial charge >= 0.3 is 0 Å². The number of amides is 2. The molecule has 0 spiro atoms. The van der Waals surface area contributed by atoms with Crippen LogP contribution < -0.4 is 5.32 Å². The third-order valence-electron chi connectivity index (χ3n) is 6.04. The minimum absolute atomic E-state index is 0.0362. The lowest BCUT2D eigenvalue weighted by molar-refractivity contribution is -0.126. The van der Waals surface area contributed by atoms with Crippen LogP contribution in [0.3, 0.4) is 0 Å². The van der Waals surface area contributed by atoms with E-state index in [1.54, 1.807) is 0 Å². The van der Waals surface area contributed by atoms with Crippen molar-refractivity contribution in [2.45, 2.75) is 58.8 Å². The second-order valence-electron chi connectivity index (χ2n) is 8.01. The first-order valence-electron chi connectivity index (χ1n) is 10.4.